The largest absolute Gasteiger partial charge is 0.394 e. The minimum atomic E-state index is -1.52. The first-order valence-corrected chi connectivity index (χ1v) is 7.82. The van der Waals surface area contributed by atoms with Gasteiger partial charge in [0.25, 0.3) is 0 Å². The molecule has 2 heterocycles. The van der Waals surface area contributed by atoms with E-state index in [0.29, 0.717) is 18.0 Å². The van der Waals surface area contributed by atoms with Crippen molar-refractivity contribution in [1.82, 2.24) is 9.13 Å². The van der Waals surface area contributed by atoms with Crippen molar-refractivity contribution in [1.29, 1.82) is 0 Å². The predicted molar refractivity (Wildman–Crippen MR) is 84.3 cm³/mol. The molecule has 3 rings (SSSR count). The number of aromatic nitrogens is 2. The molecule has 0 spiro atoms. The molecule has 0 bridgehead atoms. The second kappa shape index (κ2) is 6.09. The molecule has 23 heavy (non-hydrogen) atoms. The maximum absolute atomic E-state index is 12.6. The summed E-state index contributed by atoms with van der Waals surface area (Å²) in [6.07, 6.45) is -3.43. The first-order valence-electron chi connectivity index (χ1n) is 7.82. The Bertz CT molecular complexity index is 766. The third kappa shape index (κ3) is 2.59. The van der Waals surface area contributed by atoms with E-state index < -0.39 is 24.9 Å². The van der Waals surface area contributed by atoms with Crippen LogP contribution in [0.25, 0.3) is 11.0 Å². The van der Waals surface area contributed by atoms with Crippen LogP contribution in [0.1, 0.15) is 24.8 Å². The Morgan fingerprint density at radius 2 is 2.00 bits per heavy atom. The molecular formula is C16H22N2O5. The molecule has 2 aromatic rings. The van der Waals surface area contributed by atoms with Gasteiger partial charge in [-0.2, -0.15) is 0 Å². The van der Waals surface area contributed by atoms with E-state index >= 15 is 0 Å². The molecular weight excluding hydrogens is 300 g/mol. The molecule has 4 N–H and O–H groups in total. The Balaban J connectivity index is 2.03. The molecule has 1 aromatic carbocycles. The number of aliphatic hydroxyl groups is 4. The van der Waals surface area contributed by atoms with Crippen LogP contribution in [0.3, 0.4) is 0 Å². The van der Waals surface area contributed by atoms with Gasteiger partial charge in [-0.15, -0.1) is 0 Å². The summed E-state index contributed by atoms with van der Waals surface area (Å²) >= 11 is 0. The number of imidazole rings is 1. The third-order valence-electron chi connectivity index (χ3n) is 4.73. The highest BCUT2D eigenvalue weighted by atomic mass is 16.4. The lowest BCUT2D eigenvalue weighted by Gasteiger charge is -2.21. The number of hydrogen-bond acceptors (Lipinski definition) is 5. The maximum atomic E-state index is 12.6. The minimum absolute atomic E-state index is 0.140. The standard InChI is InChI=1S/C16H22N2O5/c1-9-5-6-17-14-10(9)3-2-4-11(14)18(16(17)23)7-12(20)15(22)13(21)8-19/h2-4,9,12-13,15,19-22H,5-8H2,1H3. The van der Waals surface area contributed by atoms with Crippen LogP contribution < -0.4 is 5.69 Å². The molecule has 0 fully saturated rings. The number of aryl methyl sites for hydroxylation is 1. The van der Waals surface area contributed by atoms with E-state index in [1.165, 1.54) is 4.57 Å². The Morgan fingerprint density at radius 1 is 1.26 bits per heavy atom. The Labute approximate surface area is 133 Å². The molecule has 4 unspecified atom stereocenters. The van der Waals surface area contributed by atoms with Gasteiger partial charge in [-0.05, 0) is 24.0 Å². The lowest BCUT2D eigenvalue weighted by molar-refractivity contribution is -0.0805. The predicted octanol–water partition coefficient (Wildman–Crippen LogP) is -0.615. The summed E-state index contributed by atoms with van der Waals surface area (Å²) in [4.78, 5) is 12.6. The fraction of sp³-hybridized carbons (Fsp3) is 0.562. The normalized spacial score (nSPS) is 21.3. The quantitative estimate of drug-likeness (QED) is 0.587. The van der Waals surface area contributed by atoms with E-state index in [1.54, 1.807) is 4.57 Å². The average molecular weight is 322 g/mol. The van der Waals surface area contributed by atoms with Crippen LogP contribution in [-0.2, 0) is 13.1 Å². The van der Waals surface area contributed by atoms with Crippen LogP contribution in [0.15, 0.2) is 23.0 Å². The molecule has 1 aliphatic rings. The average Bonchev–Trinajstić information content (AvgIpc) is 2.83. The Morgan fingerprint density at radius 3 is 2.70 bits per heavy atom. The van der Waals surface area contributed by atoms with Gasteiger partial charge in [0.2, 0.25) is 0 Å². The fourth-order valence-electron chi connectivity index (χ4n) is 3.32. The monoisotopic (exact) mass is 322 g/mol. The number of nitrogens with zero attached hydrogens (tertiary/aromatic N) is 2. The van der Waals surface area contributed by atoms with Gasteiger partial charge in [0.15, 0.2) is 0 Å². The van der Waals surface area contributed by atoms with Gasteiger partial charge in [0.05, 0.1) is 24.2 Å². The van der Waals surface area contributed by atoms with E-state index in [-0.39, 0.29) is 12.2 Å². The highest BCUT2D eigenvalue weighted by molar-refractivity contribution is 5.81. The molecule has 0 amide bonds. The number of rotatable bonds is 5. The summed E-state index contributed by atoms with van der Waals surface area (Å²) in [7, 11) is 0. The minimum Gasteiger partial charge on any atom is -0.394 e. The van der Waals surface area contributed by atoms with E-state index in [1.807, 2.05) is 18.2 Å². The second-order valence-electron chi connectivity index (χ2n) is 6.26. The number of para-hydroxylation sites is 1. The summed E-state index contributed by atoms with van der Waals surface area (Å²) in [5.74, 6) is 0.362. The van der Waals surface area contributed by atoms with Crippen LogP contribution in [0.4, 0.5) is 0 Å². The molecule has 1 aromatic heterocycles. The van der Waals surface area contributed by atoms with Crippen LogP contribution in [0, 0.1) is 0 Å². The molecule has 7 nitrogen and oxygen atoms in total. The lowest BCUT2D eigenvalue weighted by atomic mass is 9.94. The summed E-state index contributed by atoms with van der Waals surface area (Å²) in [5, 5.41) is 38.2. The van der Waals surface area contributed by atoms with Gasteiger partial charge >= 0.3 is 5.69 Å². The molecule has 0 saturated carbocycles. The van der Waals surface area contributed by atoms with E-state index in [4.69, 9.17) is 5.11 Å². The van der Waals surface area contributed by atoms with Gasteiger partial charge in [0, 0.05) is 6.54 Å². The Kier molecular flexibility index (Phi) is 4.29. The smallest absolute Gasteiger partial charge is 0.329 e. The Hall–Kier alpha value is -1.67. The maximum Gasteiger partial charge on any atom is 0.329 e. The van der Waals surface area contributed by atoms with Gasteiger partial charge < -0.3 is 20.4 Å². The van der Waals surface area contributed by atoms with E-state index in [2.05, 4.69) is 6.92 Å². The zero-order valence-corrected chi connectivity index (χ0v) is 13.0. The third-order valence-corrected chi connectivity index (χ3v) is 4.73. The zero-order valence-electron chi connectivity index (χ0n) is 13.0. The first-order chi connectivity index (χ1) is 11.0. The topological polar surface area (TPSA) is 108 Å². The summed E-state index contributed by atoms with van der Waals surface area (Å²) in [6.45, 7) is 1.95. The highest BCUT2D eigenvalue weighted by Crippen LogP contribution is 2.32. The van der Waals surface area contributed by atoms with Crippen LogP contribution in [0.5, 0.6) is 0 Å². The molecule has 126 valence electrons. The molecule has 0 saturated heterocycles. The molecule has 0 aliphatic carbocycles. The van der Waals surface area contributed by atoms with E-state index in [9.17, 15) is 20.1 Å². The highest BCUT2D eigenvalue weighted by Gasteiger charge is 2.28. The number of aliphatic hydroxyl groups excluding tert-OH is 4. The van der Waals surface area contributed by atoms with Crippen molar-refractivity contribution in [2.75, 3.05) is 6.61 Å². The van der Waals surface area contributed by atoms with Crippen molar-refractivity contribution >= 4 is 11.0 Å². The molecule has 0 radical (unpaired) electrons. The molecule has 1 aliphatic heterocycles. The van der Waals surface area contributed by atoms with Crippen molar-refractivity contribution in [3.05, 3.63) is 34.2 Å². The first kappa shape index (κ1) is 16.2. The molecule has 7 heteroatoms. The van der Waals surface area contributed by atoms with Gasteiger partial charge in [-0.25, -0.2) is 4.79 Å². The van der Waals surface area contributed by atoms with Gasteiger partial charge in [-0.3, -0.25) is 9.13 Å². The summed E-state index contributed by atoms with van der Waals surface area (Å²) in [6, 6.07) is 5.70. The number of benzene rings is 1. The summed E-state index contributed by atoms with van der Waals surface area (Å²) < 4.78 is 3.13. The van der Waals surface area contributed by atoms with Gasteiger partial charge in [-0.1, -0.05) is 19.1 Å². The van der Waals surface area contributed by atoms with Crippen LogP contribution >= 0.6 is 0 Å². The summed E-state index contributed by atoms with van der Waals surface area (Å²) in [5.41, 5.74) is 2.46. The van der Waals surface area contributed by atoms with E-state index in [0.717, 1.165) is 17.5 Å². The van der Waals surface area contributed by atoms with Crippen molar-refractivity contribution in [2.45, 2.75) is 50.7 Å². The second-order valence-corrected chi connectivity index (χ2v) is 6.26. The van der Waals surface area contributed by atoms with Crippen LogP contribution in [-0.4, -0.2) is 54.5 Å². The fourth-order valence-corrected chi connectivity index (χ4v) is 3.32. The molecule has 4 atom stereocenters. The SMILES string of the molecule is CC1CCn2c(=O)n(CC(O)C(O)C(O)CO)c3cccc1c32. The van der Waals surface area contributed by atoms with Crippen molar-refractivity contribution in [3.8, 4) is 0 Å². The van der Waals surface area contributed by atoms with Crippen molar-refractivity contribution in [2.24, 2.45) is 0 Å². The van der Waals surface area contributed by atoms with Crippen molar-refractivity contribution < 1.29 is 20.4 Å². The lowest BCUT2D eigenvalue weighted by Crippen LogP contribution is -2.43. The number of hydrogen-bond donors (Lipinski definition) is 4. The zero-order chi connectivity index (χ0) is 16.7. The van der Waals surface area contributed by atoms with Crippen molar-refractivity contribution in [3.63, 3.8) is 0 Å². The van der Waals surface area contributed by atoms with Crippen LogP contribution in [0.2, 0.25) is 0 Å². The van der Waals surface area contributed by atoms with Gasteiger partial charge in [0.1, 0.15) is 18.3 Å².